The van der Waals surface area contributed by atoms with Gasteiger partial charge in [-0.15, -0.1) is 0 Å². The number of hydrogen-bond donors (Lipinski definition) is 0. The molecule has 0 aliphatic carbocycles. The summed E-state index contributed by atoms with van der Waals surface area (Å²) in [4.78, 5) is 0. The highest BCUT2D eigenvalue weighted by atomic mass is 79.9. The second-order valence-corrected chi connectivity index (χ2v) is 4.79. The monoisotopic (exact) mass is 325 g/mol. The van der Waals surface area contributed by atoms with E-state index in [1.165, 1.54) is 18.2 Å². The third-order valence-electron chi connectivity index (χ3n) is 2.12. The van der Waals surface area contributed by atoms with Gasteiger partial charge in [0, 0.05) is 10.5 Å². The Kier molecular flexibility index (Phi) is 3.85. The zero-order valence-corrected chi connectivity index (χ0v) is 11.3. The minimum Gasteiger partial charge on any atom is -0.456 e. The molecule has 0 spiro atoms. The molecule has 0 heterocycles. The van der Waals surface area contributed by atoms with Crippen molar-refractivity contribution in [2.24, 2.45) is 0 Å². The van der Waals surface area contributed by atoms with Crippen LogP contribution in [0.1, 0.15) is 5.56 Å². The molecule has 2 aromatic carbocycles. The predicted molar refractivity (Wildman–Crippen MR) is 70.3 cm³/mol. The number of benzene rings is 2. The molecular formula is C13H6BrClFNO. The molecule has 0 bridgehead atoms. The first-order valence-electron chi connectivity index (χ1n) is 4.92. The standard InChI is InChI=1S/C13H6BrClFNO/c14-9-4-10(16)6-11(5-9)18-13-2-1-8(7-17)3-12(13)15/h1-6H. The van der Waals surface area contributed by atoms with Crippen molar-refractivity contribution in [3.05, 3.63) is 57.3 Å². The highest BCUT2D eigenvalue weighted by molar-refractivity contribution is 9.10. The van der Waals surface area contributed by atoms with Crippen LogP contribution in [0.2, 0.25) is 5.02 Å². The van der Waals surface area contributed by atoms with Gasteiger partial charge >= 0.3 is 0 Å². The van der Waals surface area contributed by atoms with Gasteiger partial charge < -0.3 is 4.74 Å². The lowest BCUT2D eigenvalue weighted by atomic mass is 10.2. The van der Waals surface area contributed by atoms with Crippen molar-refractivity contribution in [1.82, 2.24) is 0 Å². The molecule has 18 heavy (non-hydrogen) atoms. The van der Waals surface area contributed by atoms with Crippen LogP contribution in [-0.2, 0) is 0 Å². The Labute approximate surface area is 117 Å². The molecule has 0 aliphatic heterocycles. The van der Waals surface area contributed by atoms with Gasteiger partial charge in [-0.1, -0.05) is 27.5 Å². The molecule has 0 saturated heterocycles. The normalized spacial score (nSPS) is 9.89. The molecule has 5 heteroatoms. The van der Waals surface area contributed by atoms with Crippen molar-refractivity contribution in [2.45, 2.75) is 0 Å². The highest BCUT2D eigenvalue weighted by Gasteiger charge is 2.06. The molecular weight excluding hydrogens is 321 g/mol. The van der Waals surface area contributed by atoms with Gasteiger partial charge in [-0.2, -0.15) is 5.26 Å². The van der Waals surface area contributed by atoms with Crippen molar-refractivity contribution >= 4 is 27.5 Å². The molecule has 0 amide bonds. The maximum Gasteiger partial charge on any atom is 0.146 e. The summed E-state index contributed by atoms with van der Waals surface area (Å²) in [5.41, 5.74) is 0.438. The van der Waals surface area contributed by atoms with Crippen LogP contribution < -0.4 is 4.74 Å². The Morgan fingerprint density at radius 1 is 1.22 bits per heavy atom. The number of ether oxygens (including phenoxy) is 1. The lowest BCUT2D eigenvalue weighted by Crippen LogP contribution is -1.87. The molecule has 0 unspecified atom stereocenters. The number of halogens is 3. The Hall–Kier alpha value is -1.57. The summed E-state index contributed by atoms with van der Waals surface area (Å²) < 4.78 is 19.2. The zero-order valence-electron chi connectivity index (χ0n) is 8.95. The van der Waals surface area contributed by atoms with E-state index in [9.17, 15) is 4.39 Å². The first-order chi connectivity index (χ1) is 8.58. The van der Waals surface area contributed by atoms with Crippen molar-refractivity contribution in [3.63, 3.8) is 0 Å². The van der Waals surface area contributed by atoms with E-state index in [-0.39, 0.29) is 0 Å². The predicted octanol–water partition coefficient (Wildman–Crippen LogP) is 4.91. The summed E-state index contributed by atoms with van der Waals surface area (Å²) in [5.74, 6) is 0.283. The highest BCUT2D eigenvalue weighted by Crippen LogP contribution is 2.31. The van der Waals surface area contributed by atoms with Gasteiger partial charge in [0.1, 0.15) is 17.3 Å². The van der Waals surface area contributed by atoms with Crippen LogP contribution in [0, 0.1) is 17.1 Å². The van der Waals surface area contributed by atoms with E-state index in [2.05, 4.69) is 15.9 Å². The van der Waals surface area contributed by atoms with Crippen molar-refractivity contribution < 1.29 is 9.13 Å². The Morgan fingerprint density at radius 3 is 2.61 bits per heavy atom. The summed E-state index contributed by atoms with van der Waals surface area (Å²) >= 11 is 9.13. The summed E-state index contributed by atoms with van der Waals surface area (Å²) in [7, 11) is 0. The van der Waals surface area contributed by atoms with Gasteiger partial charge in [-0.3, -0.25) is 0 Å². The molecule has 0 radical (unpaired) electrons. The van der Waals surface area contributed by atoms with Crippen LogP contribution in [0.25, 0.3) is 0 Å². The van der Waals surface area contributed by atoms with Crippen LogP contribution in [0.15, 0.2) is 40.9 Å². The van der Waals surface area contributed by atoms with E-state index in [0.29, 0.717) is 26.6 Å². The molecule has 0 fully saturated rings. The van der Waals surface area contributed by atoms with E-state index in [0.717, 1.165) is 0 Å². The lowest BCUT2D eigenvalue weighted by Gasteiger charge is -2.08. The minimum atomic E-state index is -0.413. The van der Waals surface area contributed by atoms with Crippen LogP contribution in [-0.4, -0.2) is 0 Å². The van der Waals surface area contributed by atoms with Crippen LogP contribution in [0.4, 0.5) is 4.39 Å². The summed E-state index contributed by atoms with van der Waals surface area (Å²) in [6.45, 7) is 0. The summed E-state index contributed by atoms with van der Waals surface area (Å²) in [5, 5.41) is 9.01. The summed E-state index contributed by atoms with van der Waals surface area (Å²) in [6, 6.07) is 10.8. The van der Waals surface area contributed by atoms with Gasteiger partial charge in [0.05, 0.1) is 16.7 Å². The Balaban J connectivity index is 2.31. The second-order valence-electron chi connectivity index (χ2n) is 3.46. The van der Waals surface area contributed by atoms with E-state index in [1.807, 2.05) is 6.07 Å². The Bertz CT molecular complexity index is 619. The zero-order chi connectivity index (χ0) is 13.1. The topological polar surface area (TPSA) is 33.0 Å². The molecule has 2 nitrogen and oxygen atoms in total. The van der Waals surface area contributed by atoms with Crippen molar-refractivity contribution in [2.75, 3.05) is 0 Å². The lowest BCUT2D eigenvalue weighted by molar-refractivity contribution is 0.476. The molecule has 0 atom stereocenters. The number of rotatable bonds is 2. The molecule has 2 aromatic rings. The number of hydrogen-bond acceptors (Lipinski definition) is 2. The maximum atomic E-state index is 13.2. The molecule has 0 N–H and O–H groups in total. The summed E-state index contributed by atoms with van der Waals surface area (Å²) in [6.07, 6.45) is 0. The van der Waals surface area contributed by atoms with E-state index < -0.39 is 5.82 Å². The average molecular weight is 327 g/mol. The maximum absolute atomic E-state index is 13.2. The van der Waals surface area contributed by atoms with E-state index >= 15 is 0 Å². The third kappa shape index (κ3) is 3.00. The van der Waals surface area contributed by atoms with Crippen LogP contribution >= 0.6 is 27.5 Å². The quantitative estimate of drug-likeness (QED) is 0.786. The first kappa shape index (κ1) is 12.9. The molecule has 0 saturated carbocycles. The fraction of sp³-hybridized carbons (Fsp3) is 0. The molecule has 0 aliphatic rings. The van der Waals surface area contributed by atoms with Crippen molar-refractivity contribution in [3.8, 4) is 17.6 Å². The fourth-order valence-corrected chi connectivity index (χ4v) is 2.03. The van der Waals surface area contributed by atoms with Gasteiger partial charge in [0.15, 0.2) is 0 Å². The molecule has 0 aromatic heterocycles. The number of nitrogens with zero attached hydrogens (tertiary/aromatic N) is 1. The van der Waals surface area contributed by atoms with Gasteiger partial charge in [0.25, 0.3) is 0 Å². The van der Waals surface area contributed by atoms with Gasteiger partial charge in [-0.25, -0.2) is 4.39 Å². The second kappa shape index (κ2) is 5.38. The largest absolute Gasteiger partial charge is 0.456 e. The average Bonchev–Trinajstić information content (AvgIpc) is 2.30. The molecule has 2 rings (SSSR count). The van der Waals surface area contributed by atoms with E-state index in [1.54, 1.807) is 18.2 Å². The van der Waals surface area contributed by atoms with Crippen LogP contribution in [0.3, 0.4) is 0 Å². The first-order valence-corrected chi connectivity index (χ1v) is 6.09. The third-order valence-corrected chi connectivity index (χ3v) is 2.88. The molecule has 90 valence electrons. The minimum absolute atomic E-state index is 0.300. The van der Waals surface area contributed by atoms with E-state index in [4.69, 9.17) is 21.6 Å². The Morgan fingerprint density at radius 2 is 2.00 bits per heavy atom. The van der Waals surface area contributed by atoms with Crippen LogP contribution in [0.5, 0.6) is 11.5 Å². The number of nitriles is 1. The van der Waals surface area contributed by atoms with Gasteiger partial charge in [0.2, 0.25) is 0 Å². The SMILES string of the molecule is N#Cc1ccc(Oc2cc(F)cc(Br)c2)c(Cl)c1. The van der Waals surface area contributed by atoms with Gasteiger partial charge in [-0.05, 0) is 30.3 Å². The fourth-order valence-electron chi connectivity index (χ4n) is 1.37. The smallest absolute Gasteiger partial charge is 0.146 e. The van der Waals surface area contributed by atoms with Crippen molar-refractivity contribution in [1.29, 1.82) is 5.26 Å².